The van der Waals surface area contributed by atoms with E-state index in [0.717, 1.165) is 21.0 Å². The predicted octanol–water partition coefficient (Wildman–Crippen LogP) is 5.23. The highest BCUT2D eigenvalue weighted by atomic mass is 32.2. The van der Waals surface area contributed by atoms with Crippen LogP contribution in [0.4, 0.5) is 5.69 Å². The molecule has 0 aromatic heterocycles. The van der Waals surface area contributed by atoms with E-state index < -0.39 is 34.1 Å². The second-order valence-corrected chi connectivity index (χ2v) is 13.0. The topological polar surface area (TPSA) is 96.0 Å². The van der Waals surface area contributed by atoms with Crippen LogP contribution in [0, 0.1) is 13.8 Å². The number of methoxy groups -OCH3 is 1. The van der Waals surface area contributed by atoms with Crippen molar-refractivity contribution in [1.29, 1.82) is 0 Å². The number of nitrogens with one attached hydrogen (secondary N) is 1. The first kappa shape index (κ1) is 31.7. The number of carbonyl (C=O) groups is 2. The van der Waals surface area contributed by atoms with Crippen molar-refractivity contribution in [3.8, 4) is 5.75 Å². The molecule has 220 valence electrons. The van der Waals surface area contributed by atoms with E-state index in [2.05, 4.69) is 5.32 Å². The molecular formula is C32H41N3O5S. The van der Waals surface area contributed by atoms with Crippen molar-refractivity contribution in [3.05, 3.63) is 89.5 Å². The van der Waals surface area contributed by atoms with Crippen molar-refractivity contribution in [1.82, 2.24) is 10.2 Å². The minimum atomic E-state index is -4.20. The van der Waals surface area contributed by atoms with Crippen LogP contribution in [0.1, 0.15) is 50.8 Å². The van der Waals surface area contributed by atoms with Crippen LogP contribution in [0.2, 0.25) is 0 Å². The van der Waals surface area contributed by atoms with Gasteiger partial charge in [0.05, 0.1) is 17.7 Å². The average Bonchev–Trinajstić information content (AvgIpc) is 2.91. The molecule has 3 rings (SSSR count). The lowest BCUT2D eigenvalue weighted by molar-refractivity contribution is -0.141. The van der Waals surface area contributed by atoms with E-state index in [1.807, 2.05) is 77.9 Å². The predicted molar refractivity (Wildman–Crippen MR) is 162 cm³/mol. The summed E-state index contributed by atoms with van der Waals surface area (Å²) in [4.78, 5) is 29.2. The van der Waals surface area contributed by atoms with Gasteiger partial charge in [0.25, 0.3) is 10.0 Å². The monoisotopic (exact) mass is 579 g/mol. The smallest absolute Gasteiger partial charge is 0.264 e. The molecule has 0 radical (unpaired) electrons. The van der Waals surface area contributed by atoms with E-state index in [4.69, 9.17) is 4.74 Å². The molecular weight excluding hydrogens is 538 g/mol. The summed E-state index contributed by atoms with van der Waals surface area (Å²) in [6.45, 7) is 10.8. The number of hydrogen-bond donors (Lipinski definition) is 1. The summed E-state index contributed by atoms with van der Waals surface area (Å²) in [5.74, 6) is -0.499. The Morgan fingerprint density at radius 1 is 0.927 bits per heavy atom. The average molecular weight is 580 g/mol. The van der Waals surface area contributed by atoms with Crippen LogP contribution in [-0.4, -0.2) is 50.4 Å². The van der Waals surface area contributed by atoms with Crippen molar-refractivity contribution in [2.75, 3.05) is 18.0 Å². The lowest BCUT2D eigenvalue weighted by atomic mass is 10.1. The second kappa shape index (κ2) is 13.2. The first-order valence-corrected chi connectivity index (χ1v) is 15.1. The quantitative estimate of drug-likeness (QED) is 0.336. The molecule has 3 aromatic rings. The Hall–Kier alpha value is -3.85. The fourth-order valence-electron chi connectivity index (χ4n) is 4.50. The maximum Gasteiger partial charge on any atom is 0.264 e. The summed E-state index contributed by atoms with van der Waals surface area (Å²) < 4.78 is 34.9. The molecule has 8 nitrogen and oxygen atoms in total. The minimum Gasteiger partial charge on any atom is -0.495 e. The van der Waals surface area contributed by atoms with Crippen LogP contribution >= 0.6 is 0 Å². The summed E-state index contributed by atoms with van der Waals surface area (Å²) in [7, 11) is -2.74. The van der Waals surface area contributed by atoms with Gasteiger partial charge < -0.3 is 15.0 Å². The number of benzene rings is 3. The molecule has 9 heteroatoms. The van der Waals surface area contributed by atoms with Crippen LogP contribution in [-0.2, 0) is 26.2 Å². The van der Waals surface area contributed by atoms with Gasteiger partial charge in [0.2, 0.25) is 11.8 Å². The molecule has 0 aliphatic carbocycles. The van der Waals surface area contributed by atoms with Gasteiger partial charge in [-0.1, -0.05) is 61.0 Å². The SMILES string of the molecule is CC[C@H](C(=O)NC(C)(C)C)N(Cc1ccccc1)C(=O)CN(c1cc(C)ccc1OC)S(=O)(=O)c1ccc(C)cc1. The largest absolute Gasteiger partial charge is 0.495 e. The second-order valence-electron chi connectivity index (χ2n) is 11.2. The van der Waals surface area contributed by atoms with Gasteiger partial charge >= 0.3 is 0 Å². The van der Waals surface area contributed by atoms with Gasteiger partial charge in [-0.15, -0.1) is 0 Å². The van der Waals surface area contributed by atoms with E-state index in [0.29, 0.717) is 12.2 Å². The number of sulfonamides is 1. The number of nitrogens with zero attached hydrogens (tertiary/aromatic N) is 2. The van der Waals surface area contributed by atoms with Crippen LogP contribution in [0.3, 0.4) is 0 Å². The molecule has 2 amide bonds. The normalized spacial score (nSPS) is 12.4. The van der Waals surface area contributed by atoms with Gasteiger partial charge in [-0.3, -0.25) is 13.9 Å². The molecule has 1 N–H and O–H groups in total. The van der Waals surface area contributed by atoms with Crippen molar-refractivity contribution in [3.63, 3.8) is 0 Å². The zero-order valence-electron chi connectivity index (χ0n) is 25.0. The first-order valence-electron chi connectivity index (χ1n) is 13.7. The van der Waals surface area contributed by atoms with Crippen LogP contribution in [0.5, 0.6) is 5.75 Å². The summed E-state index contributed by atoms with van der Waals surface area (Å²) >= 11 is 0. The third-order valence-corrected chi connectivity index (χ3v) is 8.34. The molecule has 0 bridgehead atoms. The Morgan fingerprint density at radius 3 is 2.10 bits per heavy atom. The van der Waals surface area contributed by atoms with E-state index in [9.17, 15) is 18.0 Å². The molecule has 0 aliphatic heterocycles. The van der Waals surface area contributed by atoms with Crippen LogP contribution in [0.15, 0.2) is 77.7 Å². The Kier molecular flexibility index (Phi) is 10.2. The molecule has 0 unspecified atom stereocenters. The van der Waals surface area contributed by atoms with Gasteiger partial charge in [0, 0.05) is 12.1 Å². The zero-order valence-corrected chi connectivity index (χ0v) is 25.8. The lowest BCUT2D eigenvalue weighted by Crippen LogP contribution is -2.55. The Morgan fingerprint density at radius 2 is 1.54 bits per heavy atom. The first-order chi connectivity index (χ1) is 19.3. The van der Waals surface area contributed by atoms with Gasteiger partial charge in [-0.2, -0.15) is 0 Å². The summed E-state index contributed by atoms with van der Waals surface area (Å²) in [6.07, 6.45) is 0.346. The number of carbonyl (C=O) groups excluding carboxylic acids is 2. The van der Waals surface area contributed by atoms with Crippen molar-refractivity contribution in [2.45, 2.75) is 71.0 Å². The molecule has 0 spiro atoms. The van der Waals surface area contributed by atoms with Gasteiger partial charge in [-0.25, -0.2) is 8.42 Å². The zero-order chi connectivity index (χ0) is 30.4. The third-order valence-electron chi connectivity index (χ3n) is 6.57. The minimum absolute atomic E-state index is 0.0478. The van der Waals surface area contributed by atoms with Gasteiger partial charge in [-0.05, 0) is 76.4 Å². The number of rotatable bonds is 11. The maximum absolute atomic E-state index is 14.2. The van der Waals surface area contributed by atoms with E-state index in [1.54, 1.807) is 24.3 Å². The van der Waals surface area contributed by atoms with Crippen molar-refractivity contribution in [2.24, 2.45) is 0 Å². The highest BCUT2D eigenvalue weighted by Crippen LogP contribution is 2.34. The van der Waals surface area contributed by atoms with E-state index in [1.165, 1.54) is 24.1 Å². The number of amides is 2. The summed E-state index contributed by atoms with van der Waals surface area (Å²) in [5, 5.41) is 2.98. The van der Waals surface area contributed by atoms with E-state index >= 15 is 0 Å². The highest BCUT2D eigenvalue weighted by Gasteiger charge is 2.35. The van der Waals surface area contributed by atoms with Crippen molar-refractivity contribution < 1.29 is 22.7 Å². The van der Waals surface area contributed by atoms with E-state index in [-0.39, 0.29) is 23.0 Å². The fourth-order valence-corrected chi connectivity index (χ4v) is 5.91. The Balaban J connectivity index is 2.13. The van der Waals surface area contributed by atoms with Crippen LogP contribution < -0.4 is 14.4 Å². The Labute approximate surface area is 244 Å². The van der Waals surface area contributed by atoms with Crippen LogP contribution in [0.25, 0.3) is 0 Å². The fraction of sp³-hybridized carbons (Fsp3) is 0.375. The molecule has 3 aromatic carbocycles. The van der Waals surface area contributed by atoms with Crippen molar-refractivity contribution >= 4 is 27.5 Å². The molecule has 0 fully saturated rings. The molecule has 41 heavy (non-hydrogen) atoms. The lowest BCUT2D eigenvalue weighted by Gasteiger charge is -2.35. The summed E-state index contributed by atoms with van der Waals surface area (Å²) in [6, 6.07) is 20.2. The molecule has 0 saturated heterocycles. The maximum atomic E-state index is 14.2. The number of anilines is 1. The number of hydrogen-bond acceptors (Lipinski definition) is 5. The molecule has 0 aliphatic rings. The summed E-state index contributed by atoms with van der Waals surface area (Å²) in [5.41, 5.74) is 2.26. The molecule has 1 atom stereocenters. The third kappa shape index (κ3) is 8.10. The van der Waals surface area contributed by atoms with Gasteiger partial charge in [0.1, 0.15) is 18.3 Å². The number of ether oxygens (including phenoxy) is 1. The molecule has 0 saturated carbocycles. The number of aryl methyl sites for hydroxylation is 2. The highest BCUT2D eigenvalue weighted by molar-refractivity contribution is 7.92. The molecule has 0 heterocycles. The van der Waals surface area contributed by atoms with Gasteiger partial charge in [0.15, 0.2) is 0 Å². The Bertz CT molecular complexity index is 1450. The standard InChI is InChI=1S/C32H41N3O5S/c1-8-27(31(37)33-32(4,5)6)34(21-25-12-10-9-11-13-25)30(36)22-35(28-20-24(3)16-19-29(28)40-7)41(38,39)26-17-14-23(2)15-18-26/h9-20,27H,8,21-22H2,1-7H3,(H,33,37)/t27-/m1/s1.